The summed E-state index contributed by atoms with van der Waals surface area (Å²) in [5.74, 6) is 0.938. The van der Waals surface area contributed by atoms with E-state index in [0.717, 1.165) is 34.5 Å². The van der Waals surface area contributed by atoms with Crippen LogP contribution < -0.4 is 4.31 Å². The van der Waals surface area contributed by atoms with Crippen molar-refractivity contribution in [3.63, 3.8) is 0 Å². The second-order valence-electron chi connectivity index (χ2n) is 7.82. The molecule has 1 saturated carbocycles. The fraction of sp³-hybridized carbons (Fsp3) is 0.174. The van der Waals surface area contributed by atoms with E-state index >= 15 is 0 Å². The summed E-state index contributed by atoms with van der Waals surface area (Å²) in [4.78, 5) is 5.13. The Hall–Kier alpha value is -2.92. The summed E-state index contributed by atoms with van der Waals surface area (Å²) in [6.07, 6.45) is 0.903. The van der Waals surface area contributed by atoms with E-state index in [4.69, 9.17) is 4.99 Å². The molecule has 5 heteroatoms. The second-order valence-corrected chi connectivity index (χ2v) is 9.61. The van der Waals surface area contributed by atoms with Gasteiger partial charge in [0.05, 0.1) is 21.7 Å². The highest BCUT2D eigenvalue weighted by molar-refractivity contribution is 7.93. The molecule has 1 spiro atoms. The molecule has 2 atom stereocenters. The lowest BCUT2D eigenvalue weighted by Gasteiger charge is -2.34. The van der Waals surface area contributed by atoms with Crippen LogP contribution in [0.2, 0.25) is 0 Å². The summed E-state index contributed by atoms with van der Waals surface area (Å²) in [7, 11) is -3.77. The van der Waals surface area contributed by atoms with Crippen LogP contribution in [-0.2, 0) is 15.4 Å². The third kappa shape index (κ3) is 1.85. The first-order valence-corrected chi connectivity index (χ1v) is 10.9. The van der Waals surface area contributed by atoms with Crippen molar-refractivity contribution in [1.82, 2.24) is 0 Å². The van der Waals surface area contributed by atoms with Crippen molar-refractivity contribution in [2.45, 2.75) is 29.6 Å². The molecule has 3 aromatic rings. The van der Waals surface area contributed by atoms with Crippen molar-refractivity contribution in [1.29, 1.82) is 0 Å². The van der Waals surface area contributed by atoms with Crippen molar-refractivity contribution in [2.24, 2.45) is 4.99 Å². The van der Waals surface area contributed by atoms with Crippen LogP contribution >= 0.6 is 0 Å². The minimum Gasteiger partial charge on any atom is -0.233 e. The first-order valence-electron chi connectivity index (χ1n) is 9.43. The lowest BCUT2D eigenvalue weighted by Crippen LogP contribution is -2.45. The Morgan fingerprint density at radius 3 is 2.50 bits per heavy atom. The highest BCUT2D eigenvalue weighted by Crippen LogP contribution is 2.70. The van der Waals surface area contributed by atoms with E-state index in [0.29, 0.717) is 10.7 Å². The molecule has 4 nitrogen and oxygen atoms in total. The number of hydrogen-bond acceptors (Lipinski definition) is 3. The Labute approximate surface area is 164 Å². The number of amidine groups is 1. The van der Waals surface area contributed by atoms with E-state index in [2.05, 4.69) is 12.1 Å². The predicted octanol–water partition coefficient (Wildman–Crippen LogP) is 4.67. The Balaban J connectivity index is 1.63. The first-order chi connectivity index (χ1) is 13.5. The fourth-order valence-corrected chi connectivity index (χ4v) is 6.38. The second kappa shape index (κ2) is 5.11. The first kappa shape index (κ1) is 16.1. The quantitative estimate of drug-likeness (QED) is 0.642. The molecule has 1 aliphatic carbocycles. The van der Waals surface area contributed by atoms with Crippen LogP contribution in [-0.4, -0.2) is 14.3 Å². The van der Waals surface area contributed by atoms with Gasteiger partial charge in [0, 0.05) is 5.92 Å². The number of benzene rings is 3. The van der Waals surface area contributed by atoms with E-state index in [1.54, 1.807) is 12.1 Å². The molecule has 0 aromatic heterocycles. The monoisotopic (exact) mass is 386 g/mol. The van der Waals surface area contributed by atoms with Crippen LogP contribution in [0.1, 0.15) is 29.0 Å². The van der Waals surface area contributed by atoms with Gasteiger partial charge in [-0.25, -0.2) is 17.7 Å². The molecule has 6 rings (SSSR count). The van der Waals surface area contributed by atoms with Crippen LogP contribution in [0.4, 0.5) is 11.4 Å². The predicted molar refractivity (Wildman–Crippen MR) is 110 cm³/mol. The summed E-state index contributed by atoms with van der Waals surface area (Å²) >= 11 is 0. The summed E-state index contributed by atoms with van der Waals surface area (Å²) < 4.78 is 29.0. The molecule has 0 amide bonds. The lowest BCUT2D eigenvalue weighted by atomic mass is 9.87. The largest absolute Gasteiger partial charge is 0.269 e. The Morgan fingerprint density at radius 2 is 1.68 bits per heavy atom. The Bertz CT molecular complexity index is 1280. The normalized spacial score (nSPS) is 24.0. The number of aliphatic imine (C=N–C) groups is 1. The molecule has 28 heavy (non-hydrogen) atoms. The summed E-state index contributed by atoms with van der Waals surface area (Å²) in [5.41, 5.74) is 4.57. The van der Waals surface area contributed by atoms with E-state index < -0.39 is 10.0 Å². The zero-order chi connectivity index (χ0) is 19.1. The van der Waals surface area contributed by atoms with Crippen LogP contribution in [0.15, 0.2) is 82.7 Å². The van der Waals surface area contributed by atoms with Gasteiger partial charge < -0.3 is 0 Å². The van der Waals surface area contributed by atoms with E-state index in [-0.39, 0.29) is 11.3 Å². The van der Waals surface area contributed by atoms with Gasteiger partial charge in [-0.1, -0.05) is 54.1 Å². The molecular weight excluding hydrogens is 368 g/mol. The zero-order valence-corrected chi connectivity index (χ0v) is 16.1. The van der Waals surface area contributed by atoms with Gasteiger partial charge >= 0.3 is 0 Å². The number of aryl methyl sites for hydroxylation is 1. The minimum atomic E-state index is -3.77. The van der Waals surface area contributed by atoms with Crippen LogP contribution in [0.5, 0.6) is 0 Å². The van der Waals surface area contributed by atoms with Crippen molar-refractivity contribution in [3.8, 4) is 0 Å². The van der Waals surface area contributed by atoms with Gasteiger partial charge in [0.2, 0.25) is 0 Å². The van der Waals surface area contributed by atoms with Gasteiger partial charge in [-0.2, -0.15) is 0 Å². The number of fused-ring (bicyclic) bond motifs is 3. The molecule has 0 radical (unpaired) electrons. The van der Waals surface area contributed by atoms with Crippen molar-refractivity contribution >= 4 is 27.2 Å². The number of anilines is 1. The lowest BCUT2D eigenvalue weighted by molar-refractivity contribution is 0.595. The number of para-hydroxylation sites is 2. The Morgan fingerprint density at radius 1 is 0.964 bits per heavy atom. The average molecular weight is 386 g/mol. The third-order valence-corrected chi connectivity index (χ3v) is 7.97. The average Bonchev–Trinajstić information content (AvgIpc) is 3.38. The number of nitrogens with zero attached hydrogens (tertiary/aromatic N) is 2. The number of sulfonamides is 1. The fourth-order valence-electron chi connectivity index (χ4n) is 4.83. The van der Waals surface area contributed by atoms with Gasteiger partial charge in [-0.15, -0.1) is 0 Å². The maximum Gasteiger partial charge on any atom is 0.269 e. The molecule has 0 bridgehead atoms. The van der Waals surface area contributed by atoms with Gasteiger partial charge in [-0.05, 0) is 48.7 Å². The molecule has 2 heterocycles. The number of rotatable bonds is 2. The topological polar surface area (TPSA) is 49.7 Å². The van der Waals surface area contributed by atoms with E-state index in [9.17, 15) is 8.42 Å². The van der Waals surface area contributed by atoms with E-state index in [1.165, 1.54) is 4.31 Å². The maximum atomic E-state index is 13.8. The highest BCUT2D eigenvalue weighted by Gasteiger charge is 2.68. The van der Waals surface area contributed by atoms with Crippen LogP contribution in [0.3, 0.4) is 0 Å². The Kier molecular flexibility index (Phi) is 2.94. The van der Waals surface area contributed by atoms with Crippen molar-refractivity contribution in [2.75, 3.05) is 4.31 Å². The zero-order valence-electron chi connectivity index (χ0n) is 15.3. The summed E-state index contributed by atoms with van der Waals surface area (Å²) in [6.45, 7) is 1.95. The van der Waals surface area contributed by atoms with Crippen LogP contribution in [0, 0.1) is 6.92 Å². The smallest absolute Gasteiger partial charge is 0.233 e. The SMILES string of the molecule is Cc1ccc(S(=O)(=O)N2C3=Nc4ccccc4C34C[C@H]4c3ccccc32)cc1. The highest BCUT2D eigenvalue weighted by atomic mass is 32.2. The molecular formula is C23H18N2O2S. The van der Waals surface area contributed by atoms with Gasteiger partial charge in [-0.3, -0.25) is 0 Å². The summed E-state index contributed by atoms with van der Waals surface area (Å²) in [6, 6.07) is 22.9. The molecule has 3 aliphatic rings. The van der Waals surface area contributed by atoms with Crippen molar-refractivity contribution in [3.05, 3.63) is 89.5 Å². The molecule has 138 valence electrons. The third-order valence-electron chi connectivity index (χ3n) is 6.25. The summed E-state index contributed by atoms with van der Waals surface area (Å²) in [5, 5.41) is 0. The van der Waals surface area contributed by atoms with Gasteiger partial charge in [0.15, 0.2) is 0 Å². The van der Waals surface area contributed by atoms with Crippen molar-refractivity contribution < 1.29 is 8.42 Å². The van der Waals surface area contributed by atoms with Gasteiger partial charge in [0.1, 0.15) is 5.84 Å². The molecule has 3 aromatic carbocycles. The number of hydrogen-bond donors (Lipinski definition) is 0. The van der Waals surface area contributed by atoms with Gasteiger partial charge in [0.25, 0.3) is 10.0 Å². The van der Waals surface area contributed by atoms with E-state index in [1.807, 2.05) is 55.5 Å². The maximum absolute atomic E-state index is 13.8. The minimum absolute atomic E-state index is 0.288. The molecule has 1 unspecified atom stereocenters. The molecule has 0 N–H and O–H groups in total. The molecule has 2 aliphatic heterocycles. The molecule has 0 saturated heterocycles. The van der Waals surface area contributed by atoms with Crippen LogP contribution in [0.25, 0.3) is 0 Å². The standard InChI is InChI=1S/C23H18N2O2S/c1-15-10-12-16(13-11-15)28(26,27)25-21-9-5-2-6-17(21)19-14-23(19)18-7-3-4-8-20(18)24-22(23)25/h2-13,19H,14H2,1H3/t19-,23?/m0/s1. The molecule has 1 fully saturated rings.